The van der Waals surface area contributed by atoms with Gasteiger partial charge < -0.3 is 18.9 Å². The molecule has 0 saturated carbocycles. The van der Waals surface area contributed by atoms with Crippen LogP contribution in [0.2, 0.25) is 13.1 Å². The van der Waals surface area contributed by atoms with Gasteiger partial charge in [0, 0.05) is 37.9 Å². The Kier molecular flexibility index (Phi) is 23.1. The zero-order valence-electron chi connectivity index (χ0n) is 22.2. The molecule has 4 nitrogen and oxygen atoms in total. The minimum atomic E-state index is -0.372. The minimum absolute atomic E-state index is 0.224. The van der Waals surface area contributed by atoms with Gasteiger partial charge in [-0.05, 0) is 64.2 Å². The lowest BCUT2D eigenvalue weighted by atomic mass is 10.2. The summed E-state index contributed by atoms with van der Waals surface area (Å²) < 4.78 is 24.8. The fourth-order valence-electron chi connectivity index (χ4n) is 3.51. The Bertz CT molecular complexity index is 354. The smallest absolute Gasteiger partial charge is 0.144 e. The van der Waals surface area contributed by atoms with Crippen molar-refractivity contribution in [2.75, 3.05) is 37.9 Å². The van der Waals surface area contributed by atoms with Crippen LogP contribution in [0, 0.1) is 0 Å². The Balaban J connectivity index is 4.03. The number of hydrogen-bond donors (Lipinski definition) is 0. The first-order chi connectivity index (χ1) is 15.6. The van der Waals surface area contributed by atoms with Gasteiger partial charge in [0.15, 0.2) is 0 Å². The lowest BCUT2D eigenvalue weighted by Gasteiger charge is -2.33. The molecule has 0 aliphatic rings. The summed E-state index contributed by atoms with van der Waals surface area (Å²) in [5, 5.41) is 0. The van der Waals surface area contributed by atoms with Crippen LogP contribution in [0.3, 0.4) is 0 Å². The van der Waals surface area contributed by atoms with E-state index >= 15 is 0 Å². The number of hydrogen-bond acceptors (Lipinski definition) is 6. The Labute approximate surface area is 212 Å². The first-order valence-corrected chi connectivity index (χ1v) is 20.1. The van der Waals surface area contributed by atoms with Crippen LogP contribution in [0.25, 0.3) is 0 Å². The Morgan fingerprint density at radius 1 is 0.531 bits per heavy atom. The van der Waals surface area contributed by atoms with Crippen molar-refractivity contribution in [2.24, 2.45) is 0 Å². The SMILES string of the molecule is CCCOC(CCCCSSCCCCC(OCCC)(OCCC)[SiH2]C)(OCCC)[SiH2]C. The standard InChI is InChI=1S/C24H54O4S2Si2/c1-7-17-25-23(31-5,26-18-8-2)15-11-13-21-29-30-22-14-12-16-24(32-6,27-19-9-3)28-20-10-4/h7-22,31-32H2,1-6H3. The van der Waals surface area contributed by atoms with Gasteiger partial charge in [0.25, 0.3) is 0 Å². The van der Waals surface area contributed by atoms with Crippen LogP contribution in [-0.2, 0) is 18.9 Å². The molecule has 0 unspecified atom stereocenters. The van der Waals surface area contributed by atoms with Crippen molar-refractivity contribution in [1.29, 1.82) is 0 Å². The molecular formula is C24H54O4S2Si2. The predicted molar refractivity (Wildman–Crippen MR) is 152 cm³/mol. The van der Waals surface area contributed by atoms with E-state index in [-0.39, 0.29) is 29.9 Å². The highest BCUT2D eigenvalue weighted by Gasteiger charge is 2.30. The maximum Gasteiger partial charge on any atom is 0.144 e. The van der Waals surface area contributed by atoms with Crippen LogP contribution < -0.4 is 0 Å². The molecule has 0 fully saturated rings. The third-order valence-electron chi connectivity index (χ3n) is 5.51. The summed E-state index contributed by atoms with van der Waals surface area (Å²) in [6.07, 6.45) is 11.3. The van der Waals surface area contributed by atoms with E-state index in [2.05, 4.69) is 40.8 Å². The summed E-state index contributed by atoms with van der Waals surface area (Å²) >= 11 is 0. The largest absolute Gasteiger partial charge is 0.354 e. The molecule has 0 heterocycles. The van der Waals surface area contributed by atoms with E-state index in [1.54, 1.807) is 0 Å². The summed E-state index contributed by atoms with van der Waals surface area (Å²) in [7, 11) is 3.32. The molecule has 0 aromatic rings. The average molecular weight is 527 g/mol. The molecule has 0 aromatic carbocycles. The monoisotopic (exact) mass is 526 g/mol. The molecule has 0 saturated heterocycles. The zero-order valence-corrected chi connectivity index (χ0v) is 26.6. The Morgan fingerprint density at radius 2 is 0.844 bits per heavy atom. The van der Waals surface area contributed by atoms with Crippen molar-refractivity contribution in [2.45, 2.75) is 116 Å². The van der Waals surface area contributed by atoms with E-state index in [1.807, 2.05) is 21.6 Å². The zero-order chi connectivity index (χ0) is 24.0. The lowest BCUT2D eigenvalue weighted by molar-refractivity contribution is -0.185. The molecule has 0 aliphatic carbocycles. The second-order valence-electron chi connectivity index (χ2n) is 8.48. The molecule has 0 spiro atoms. The minimum Gasteiger partial charge on any atom is -0.354 e. The van der Waals surface area contributed by atoms with Crippen molar-refractivity contribution in [3.05, 3.63) is 0 Å². The van der Waals surface area contributed by atoms with Crippen LogP contribution >= 0.6 is 21.6 Å². The molecule has 0 bridgehead atoms. The molecule has 194 valence electrons. The van der Waals surface area contributed by atoms with Crippen molar-refractivity contribution in [3.63, 3.8) is 0 Å². The number of unbranched alkanes of at least 4 members (excludes halogenated alkanes) is 2. The summed E-state index contributed by atoms with van der Waals surface area (Å²) in [6, 6.07) is 0. The Morgan fingerprint density at radius 3 is 1.09 bits per heavy atom. The number of rotatable bonds is 25. The lowest BCUT2D eigenvalue weighted by Crippen LogP contribution is -2.42. The van der Waals surface area contributed by atoms with Crippen molar-refractivity contribution >= 4 is 40.6 Å². The molecular weight excluding hydrogens is 473 g/mol. The van der Waals surface area contributed by atoms with Gasteiger partial charge in [0.1, 0.15) is 10.8 Å². The van der Waals surface area contributed by atoms with Crippen LogP contribution in [-0.4, -0.2) is 67.8 Å². The fourth-order valence-corrected chi connectivity index (χ4v) is 8.41. The number of ether oxygens (including phenoxy) is 4. The van der Waals surface area contributed by atoms with E-state index in [4.69, 9.17) is 18.9 Å². The van der Waals surface area contributed by atoms with Gasteiger partial charge in [-0.3, -0.25) is 0 Å². The highest BCUT2D eigenvalue weighted by molar-refractivity contribution is 8.76. The molecule has 8 heteroatoms. The van der Waals surface area contributed by atoms with Gasteiger partial charge in [0.2, 0.25) is 0 Å². The molecule has 0 N–H and O–H groups in total. The van der Waals surface area contributed by atoms with Gasteiger partial charge in [-0.25, -0.2) is 0 Å². The second-order valence-corrected chi connectivity index (χ2v) is 14.8. The van der Waals surface area contributed by atoms with Crippen LogP contribution in [0.15, 0.2) is 0 Å². The third-order valence-corrected chi connectivity index (χ3v) is 11.8. The maximum atomic E-state index is 6.20. The normalized spacial score (nSPS) is 13.3. The van der Waals surface area contributed by atoms with Crippen molar-refractivity contribution in [1.82, 2.24) is 0 Å². The fraction of sp³-hybridized carbons (Fsp3) is 1.00. The van der Waals surface area contributed by atoms with Gasteiger partial charge in [-0.15, -0.1) is 0 Å². The van der Waals surface area contributed by atoms with Gasteiger partial charge in [-0.2, -0.15) is 0 Å². The molecule has 0 atom stereocenters. The summed E-state index contributed by atoms with van der Waals surface area (Å²) in [4.78, 5) is 0. The van der Waals surface area contributed by atoms with Crippen LogP contribution in [0.4, 0.5) is 0 Å². The second kappa shape index (κ2) is 22.4. The van der Waals surface area contributed by atoms with E-state index in [0.29, 0.717) is 0 Å². The summed E-state index contributed by atoms with van der Waals surface area (Å²) in [5.41, 5.74) is -0.447. The molecule has 0 rings (SSSR count). The van der Waals surface area contributed by atoms with Crippen molar-refractivity contribution in [3.8, 4) is 0 Å². The maximum absolute atomic E-state index is 6.20. The Hall–Kier alpha value is 0.974. The van der Waals surface area contributed by atoms with Gasteiger partial charge in [-0.1, -0.05) is 62.4 Å². The van der Waals surface area contributed by atoms with Crippen LogP contribution in [0.5, 0.6) is 0 Å². The van der Waals surface area contributed by atoms with E-state index in [0.717, 1.165) is 65.0 Å². The summed E-state index contributed by atoms with van der Waals surface area (Å²) in [5.74, 6) is 2.44. The molecule has 0 amide bonds. The average Bonchev–Trinajstić information content (AvgIpc) is 2.83. The molecule has 32 heavy (non-hydrogen) atoms. The molecule has 0 aliphatic heterocycles. The topological polar surface area (TPSA) is 36.9 Å². The summed E-state index contributed by atoms with van der Waals surface area (Å²) in [6.45, 7) is 16.7. The van der Waals surface area contributed by atoms with Crippen LogP contribution in [0.1, 0.15) is 91.9 Å². The van der Waals surface area contributed by atoms with Gasteiger partial charge >= 0.3 is 0 Å². The first-order valence-electron chi connectivity index (χ1n) is 13.4. The van der Waals surface area contributed by atoms with Gasteiger partial charge in [0.05, 0.1) is 19.0 Å². The molecule has 0 radical (unpaired) electrons. The van der Waals surface area contributed by atoms with E-state index in [1.165, 1.54) is 37.2 Å². The van der Waals surface area contributed by atoms with Crippen molar-refractivity contribution < 1.29 is 18.9 Å². The highest BCUT2D eigenvalue weighted by Crippen LogP contribution is 2.28. The quantitative estimate of drug-likeness (QED) is 0.0614. The van der Waals surface area contributed by atoms with E-state index < -0.39 is 0 Å². The highest BCUT2D eigenvalue weighted by atomic mass is 33.1. The van der Waals surface area contributed by atoms with E-state index in [9.17, 15) is 0 Å². The predicted octanol–water partition coefficient (Wildman–Crippen LogP) is 6.16. The molecule has 0 aromatic heterocycles. The first kappa shape index (κ1) is 33.0. The third kappa shape index (κ3) is 15.8.